The van der Waals surface area contributed by atoms with Crippen molar-refractivity contribution in [1.82, 2.24) is 0 Å². The van der Waals surface area contributed by atoms with Gasteiger partial charge in [0, 0.05) is 16.7 Å². The molecule has 0 aromatic carbocycles. The lowest BCUT2D eigenvalue weighted by molar-refractivity contribution is -0.341. The van der Waals surface area contributed by atoms with E-state index in [0.29, 0.717) is 18.4 Å². The molecule has 3 fully saturated rings. The molecular weight excluding hydrogens is 442 g/mol. The van der Waals surface area contributed by atoms with Crippen LogP contribution >= 0.6 is 7.82 Å². The number of carbonyl (C=O) groups is 2. The number of hydrogen-bond donors (Lipinski definition) is 2. The van der Waals surface area contributed by atoms with Crippen LogP contribution in [0.4, 0.5) is 4.39 Å². The van der Waals surface area contributed by atoms with Crippen LogP contribution in [0.1, 0.15) is 46.5 Å². The molecular formula is C22H28FO8P-2. The largest absolute Gasteiger partial charge is 0.790 e. The number of Topliss-reactive ketones (excluding diaryl/α,β-unsaturated/α-hetero) is 1. The van der Waals surface area contributed by atoms with Crippen molar-refractivity contribution in [3.05, 3.63) is 23.8 Å². The van der Waals surface area contributed by atoms with Gasteiger partial charge in [-0.3, -0.25) is 9.59 Å². The molecule has 10 heteroatoms. The number of phosphoric ester groups is 1. The van der Waals surface area contributed by atoms with Gasteiger partial charge >= 0.3 is 0 Å². The Morgan fingerprint density at radius 1 is 1.34 bits per heavy atom. The molecule has 0 amide bonds. The van der Waals surface area contributed by atoms with Crippen LogP contribution in [-0.4, -0.2) is 45.8 Å². The molecule has 4 rings (SSSR count). The fourth-order valence-electron chi connectivity index (χ4n) is 7.39. The van der Waals surface area contributed by atoms with Crippen LogP contribution in [0.15, 0.2) is 23.8 Å². The van der Waals surface area contributed by atoms with E-state index in [1.54, 1.807) is 20.8 Å². The Kier molecular flexibility index (Phi) is 5.34. The summed E-state index contributed by atoms with van der Waals surface area (Å²) in [5, 5.41) is 22.8. The number of phosphoric acid groups is 1. The average Bonchev–Trinajstić information content (AvgIpc) is 2.89. The van der Waals surface area contributed by atoms with E-state index in [4.69, 9.17) is 0 Å². The van der Waals surface area contributed by atoms with Crippen LogP contribution in [0.2, 0.25) is 0 Å². The highest BCUT2D eigenvalue weighted by atomic mass is 31.2. The van der Waals surface area contributed by atoms with Gasteiger partial charge in [-0.2, -0.15) is 0 Å². The molecule has 0 saturated heterocycles. The third kappa shape index (κ3) is 2.95. The minimum Gasteiger partial charge on any atom is -0.790 e. The van der Waals surface area contributed by atoms with Crippen LogP contribution in [0.25, 0.3) is 0 Å². The summed E-state index contributed by atoms with van der Waals surface area (Å²) in [6, 6.07) is 0. The molecule has 8 nitrogen and oxygen atoms in total. The van der Waals surface area contributed by atoms with E-state index in [1.165, 1.54) is 18.2 Å². The highest BCUT2D eigenvalue weighted by Crippen LogP contribution is 2.70. The third-order valence-electron chi connectivity index (χ3n) is 9.00. The first-order chi connectivity index (χ1) is 14.6. The molecule has 0 spiro atoms. The lowest BCUT2D eigenvalue weighted by atomic mass is 9.44. The van der Waals surface area contributed by atoms with E-state index in [1.807, 2.05) is 0 Å². The number of aliphatic hydroxyl groups excluding tert-OH is 1. The summed E-state index contributed by atoms with van der Waals surface area (Å²) in [4.78, 5) is 46.6. The van der Waals surface area contributed by atoms with Crippen molar-refractivity contribution in [1.29, 1.82) is 0 Å². The topological polar surface area (TPSA) is 147 Å². The molecule has 4 aliphatic rings. The van der Waals surface area contributed by atoms with E-state index in [9.17, 15) is 34.2 Å². The van der Waals surface area contributed by atoms with Crippen LogP contribution in [0, 0.1) is 28.6 Å². The molecule has 0 aliphatic heterocycles. The van der Waals surface area contributed by atoms with Crippen LogP contribution in [-0.2, 0) is 18.7 Å². The van der Waals surface area contributed by atoms with Crippen molar-refractivity contribution in [3.63, 3.8) is 0 Å². The molecule has 0 aromatic rings. The van der Waals surface area contributed by atoms with E-state index < -0.39 is 66.2 Å². The summed E-state index contributed by atoms with van der Waals surface area (Å²) in [5.74, 6) is -3.06. The maximum atomic E-state index is 17.0. The average molecular weight is 470 g/mol. The predicted octanol–water partition coefficient (Wildman–Crippen LogP) is 0.749. The van der Waals surface area contributed by atoms with Gasteiger partial charge < -0.3 is 29.1 Å². The zero-order valence-electron chi connectivity index (χ0n) is 18.2. The molecule has 0 bridgehead atoms. The van der Waals surface area contributed by atoms with Crippen molar-refractivity contribution in [2.75, 3.05) is 6.61 Å². The van der Waals surface area contributed by atoms with Crippen molar-refractivity contribution < 1.29 is 43.1 Å². The Labute approximate surface area is 185 Å². The number of allylic oxidation sites excluding steroid dienone is 4. The Morgan fingerprint density at radius 2 is 2.00 bits per heavy atom. The van der Waals surface area contributed by atoms with Gasteiger partial charge in [0.25, 0.3) is 0 Å². The predicted molar refractivity (Wildman–Crippen MR) is 106 cm³/mol. The number of carbonyl (C=O) groups excluding carboxylic acids is 2. The van der Waals surface area contributed by atoms with Crippen molar-refractivity contribution >= 4 is 19.4 Å². The molecule has 0 aromatic heterocycles. The number of fused-ring (bicyclic) bond motifs is 5. The second-order valence-electron chi connectivity index (χ2n) is 10.3. The molecule has 3 saturated carbocycles. The summed E-state index contributed by atoms with van der Waals surface area (Å²) >= 11 is 0. The van der Waals surface area contributed by atoms with E-state index in [-0.39, 0.29) is 18.6 Å². The smallest absolute Gasteiger partial charge is 0.191 e. The fraction of sp³-hybridized carbons (Fsp3) is 0.727. The highest BCUT2D eigenvalue weighted by Gasteiger charge is 2.75. The van der Waals surface area contributed by atoms with Gasteiger partial charge in [-0.15, -0.1) is 0 Å². The second-order valence-corrected chi connectivity index (χ2v) is 11.5. The van der Waals surface area contributed by atoms with E-state index in [0.717, 1.165) is 0 Å². The number of alkyl halides is 1. The molecule has 5 unspecified atom stereocenters. The van der Waals surface area contributed by atoms with E-state index in [2.05, 4.69) is 4.52 Å². The summed E-state index contributed by atoms with van der Waals surface area (Å²) in [6.07, 6.45) is 3.54. The number of ketones is 2. The zero-order chi connectivity index (χ0) is 23.9. The Morgan fingerprint density at radius 3 is 2.62 bits per heavy atom. The SMILES string of the molecule is C[C@@H]1CC2C3CCC4=CC(=O)C=CC4(C)[C@@]3(F)C(O)CC2(C)[C@@]1(O)C(=O)COP(=O)([O-])[O-]. The number of hydrogen-bond acceptors (Lipinski definition) is 8. The van der Waals surface area contributed by atoms with Crippen molar-refractivity contribution in [2.45, 2.75) is 63.8 Å². The second kappa shape index (κ2) is 7.14. The van der Waals surface area contributed by atoms with Crippen LogP contribution in [0.5, 0.6) is 0 Å². The van der Waals surface area contributed by atoms with Gasteiger partial charge in [0.1, 0.15) is 12.2 Å². The molecule has 178 valence electrons. The van der Waals surface area contributed by atoms with Gasteiger partial charge in [0.2, 0.25) is 0 Å². The van der Waals surface area contributed by atoms with Crippen LogP contribution < -0.4 is 9.79 Å². The lowest BCUT2D eigenvalue weighted by Gasteiger charge is -2.62. The minimum atomic E-state index is -5.43. The number of aliphatic hydroxyl groups is 2. The monoisotopic (exact) mass is 470 g/mol. The maximum Gasteiger partial charge on any atom is 0.191 e. The van der Waals surface area contributed by atoms with Gasteiger partial charge in [-0.05, 0) is 56.6 Å². The standard InChI is InChI=1S/C22H30FO8P/c1-12-8-16-15-5-4-13-9-14(24)6-7-19(13,2)21(15,23)17(25)10-20(16,3)22(12,27)18(26)11-31-32(28,29)30/h6-7,9,12,15-17,25,27H,4-5,8,10-11H2,1-3H3,(H2,28,29,30)/p-2/t12-,15?,16?,17?,19?,20?,21+,22+/m1/s1. The quantitative estimate of drug-likeness (QED) is 0.572. The van der Waals surface area contributed by atoms with Gasteiger partial charge in [-0.25, -0.2) is 4.39 Å². The van der Waals surface area contributed by atoms with Crippen molar-refractivity contribution in [2.24, 2.45) is 28.6 Å². The summed E-state index contributed by atoms with van der Waals surface area (Å²) < 4.78 is 32.0. The van der Waals surface area contributed by atoms with Gasteiger partial charge in [-0.1, -0.05) is 25.5 Å². The lowest BCUT2D eigenvalue weighted by Crippen LogP contribution is -2.69. The molecule has 32 heavy (non-hydrogen) atoms. The maximum absolute atomic E-state index is 17.0. The first-order valence-corrected chi connectivity index (χ1v) is 12.3. The Hall–Kier alpha value is -1.22. The Balaban J connectivity index is 1.74. The summed E-state index contributed by atoms with van der Waals surface area (Å²) in [7, 11) is -5.43. The zero-order valence-corrected chi connectivity index (χ0v) is 19.1. The van der Waals surface area contributed by atoms with E-state index >= 15 is 4.39 Å². The summed E-state index contributed by atoms with van der Waals surface area (Å²) in [5.41, 5.74) is -6.03. The first kappa shape index (κ1) is 23.9. The first-order valence-electron chi connectivity index (χ1n) is 10.8. The number of rotatable bonds is 4. The Bertz CT molecular complexity index is 973. The molecule has 8 atom stereocenters. The molecule has 4 aliphatic carbocycles. The van der Waals surface area contributed by atoms with Gasteiger partial charge in [0.15, 0.2) is 17.2 Å². The minimum absolute atomic E-state index is 0.224. The molecule has 0 radical (unpaired) electrons. The van der Waals surface area contributed by atoms with Crippen LogP contribution in [0.3, 0.4) is 0 Å². The molecule has 2 N–H and O–H groups in total. The third-order valence-corrected chi connectivity index (χ3v) is 9.45. The summed E-state index contributed by atoms with van der Waals surface area (Å²) in [6.45, 7) is 3.80. The molecule has 0 heterocycles. The fourth-order valence-corrected chi connectivity index (χ4v) is 7.66. The number of halogens is 1. The van der Waals surface area contributed by atoms with Crippen molar-refractivity contribution in [3.8, 4) is 0 Å². The normalized spacial score (nSPS) is 48.0. The van der Waals surface area contributed by atoms with Gasteiger partial charge in [0.05, 0.1) is 13.9 Å². The highest BCUT2D eigenvalue weighted by molar-refractivity contribution is 7.43.